The van der Waals surface area contributed by atoms with Gasteiger partial charge in [-0.05, 0) is 31.5 Å². The summed E-state index contributed by atoms with van der Waals surface area (Å²) in [6, 6.07) is 3.75. The Morgan fingerprint density at radius 3 is 1.64 bits per heavy atom. The minimum atomic E-state index is -2.11. The molecule has 0 saturated carbocycles. The van der Waals surface area contributed by atoms with Gasteiger partial charge in [-0.25, -0.2) is 0 Å². The van der Waals surface area contributed by atoms with Crippen molar-refractivity contribution in [2.45, 2.75) is 25.7 Å². The molecule has 1 rings (SSSR count). The molecule has 3 nitrogen and oxygen atoms in total. The zero-order valence-electron chi connectivity index (χ0n) is 8.59. The number of benzene rings is 1. The molecule has 0 saturated heterocycles. The first-order chi connectivity index (χ1) is 5.52. The maximum absolute atomic E-state index is 10.8. The molecule has 1 aromatic carbocycles. The van der Waals surface area contributed by atoms with E-state index in [1.807, 2.05) is 32.9 Å². The summed E-state index contributed by atoms with van der Waals surface area (Å²) < 4.78 is 21.5. The topological polar surface area (TPSA) is 69.1 Å². The molecule has 0 radical (unpaired) electrons. The second-order valence-electron chi connectivity index (χ2n) is 2.96. The van der Waals surface area contributed by atoms with Crippen LogP contribution in [0.1, 0.15) is 16.7 Å². The Hall–Kier alpha value is 0.182. The molecule has 14 heavy (non-hydrogen) atoms. The molecule has 5 heteroatoms. The third-order valence-corrected chi connectivity index (χ3v) is 2.75. The Morgan fingerprint density at radius 2 is 1.36 bits per heavy atom. The van der Waals surface area contributed by atoms with Crippen LogP contribution in [-0.4, -0.2) is 0 Å². The van der Waals surface area contributed by atoms with Gasteiger partial charge in [-0.3, -0.25) is 0 Å². The average molecular weight is 438 g/mol. The van der Waals surface area contributed by atoms with Gasteiger partial charge in [0, 0.05) is 0 Å². The van der Waals surface area contributed by atoms with Crippen molar-refractivity contribution < 1.29 is 39.5 Å². The van der Waals surface area contributed by atoms with Crippen LogP contribution in [-0.2, 0) is 19.1 Å². The number of hydrogen-bond donors (Lipinski definition) is 1. The fraction of sp³-hybridized carbons (Fsp3) is 0.333. The van der Waals surface area contributed by atoms with Crippen LogP contribution in [0.3, 0.4) is 0 Å². The summed E-state index contributed by atoms with van der Waals surface area (Å²) in [6.07, 6.45) is 0. The van der Waals surface area contributed by atoms with Crippen LogP contribution in [0.4, 0.5) is 0 Å². The summed E-state index contributed by atoms with van der Waals surface area (Å²) in [4.78, 5) is 0.431. The summed E-state index contributed by atoms with van der Waals surface area (Å²) in [5.41, 5.74) is 2.74. The molecular weight excluding hydrogens is 424 g/mol. The van der Waals surface area contributed by atoms with Crippen LogP contribution in [0.2, 0.25) is 0 Å². The Morgan fingerprint density at radius 1 is 1.00 bits per heavy atom. The van der Waals surface area contributed by atoms with Crippen molar-refractivity contribution in [2.75, 3.05) is 0 Å². The van der Waals surface area contributed by atoms with Crippen molar-refractivity contribution in [2.24, 2.45) is 0 Å². The predicted molar refractivity (Wildman–Crippen MR) is 52.7 cm³/mol. The van der Waals surface area contributed by atoms with E-state index in [9.17, 15) is 8.42 Å². The van der Waals surface area contributed by atoms with Crippen LogP contribution in [0, 0.1) is 51.9 Å². The first kappa shape index (κ1) is 16.6. The van der Waals surface area contributed by atoms with Gasteiger partial charge in [0.25, 0.3) is 0 Å². The molecule has 0 heterocycles. The molecule has 0 aliphatic rings. The Balaban J connectivity index is 0. The van der Waals surface area contributed by atoms with E-state index in [1.165, 1.54) is 0 Å². The van der Waals surface area contributed by atoms with Crippen LogP contribution in [0.5, 0.6) is 0 Å². The van der Waals surface area contributed by atoms with Crippen LogP contribution in [0.15, 0.2) is 17.0 Å². The molecule has 0 unspecified atom stereocenters. The van der Waals surface area contributed by atoms with Crippen molar-refractivity contribution in [3.63, 3.8) is 0 Å². The quantitative estimate of drug-likeness (QED) is 0.685. The molecule has 1 aromatic rings. The molecule has 0 aromatic heterocycles. The molecule has 0 fully saturated rings. The van der Waals surface area contributed by atoms with E-state index < -0.39 is 10.7 Å². The van der Waals surface area contributed by atoms with Gasteiger partial charge in [-0.2, -0.15) is 0 Å². The number of aryl methyl sites for hydroxylation is 3. The summed E-state index contributed by atoms with van der Waals surface area (Å²) in [6.45, 7) is 5.58. The van der Waals surface area contributed by atoms with Gasteiger partial charge in [0.05, 0.1) is 0 Å². The smallest absolute Gasteiger partial charge is 0.420 e. The van der Waals surface area contributed by atoms with Crippen molar-refractivity contribution in [3.8, 4) is 0 Å². The molecule has 3 N–H and O–H groups in total. The molecule has 0 atom stereocenters. The van der Waals surface area contributed by atoms with Gasteiger partial charge in [0.1, 0.15) is 0 Å². The number of rotatable bonds is 1. The Kier molecular flexibility index (Phi) is 7.86. The van der Waals surface area contributed by atoms with Gasteiger partial charge >= 0.3 is 31.1 Å². The maximum atomic E-state index is 10.8. The van der Waals surface area contributed by atoms with Crippen LogP contribution in [0.25, 0.3) is 0 Å². The molecular formula is C9H14NO2SU+. The predicted octanol–water partition coefficient (Wildman–Crippen LogP) is 2.44. The van der Waals surface area contributed by atoms with Crippen molar-refractivity contribution >= 4 is 10.7 Å². The van der Waals surface area contributed by atoms with E-state index in [4.69, 9.17) is 0 Å². The van der Waals surface area contributed by atoms with E-state index in [1.54, 1.807) is 0 Å². The zero-order chi connectivity index (χ0) is 9.30. The third-order valence-electron chi connectivity index (χ3n) is 1.77. The third kappa shape index (κ3) is 3.74. The summed E-state index contributed by atoms with van der Waals surface area (Å²) >= 11 is 0. The van der Waals surface area contributed by atoms with Crippen LogP contribution >= 0.6 is 0 Å². The molecule has 0 bridgehead atoms. The minimum Gasteiger partial charge on any atom is -0.420 e. The van der Waals surface area contributed by atoms with Crippen molar-refractivity contribution in [1.82, 2.24) is 6.15 Å². The molecule has 0 aliphatic carbocycles. The fourth-order valence-corrected chi connectivity index (χ4v) is 2.07. The van der Waals surface area contributed by atoms with E-state index >= 15 is 0 Å². The molecule has 0 aliphatic heterocycles. The van der Waals surface area contributed by atoms with Gasteiger partial charge in [-0.1, -0.05) is 33.7 Å². The van der Waals surface area contributed by atoms with Gasteiger partial charge in [-0.15, -0.1) is 0 Å². The number of hydrogen-bond acceptors (Lipinski definition) is 4. The minimum absolute atomic E-state index is 0. The molecule has 76 valence electrons. The fourth-order valence-electron chi connectivity index (χ4n) is 1.43. The maximum Gasteiger partial charge on any atom is 2.00 e. The zero-order valence-corrected chi connectivity index (χ0v) is 13.6. The van der Waals surface area contributed by atoms with Crippen molar-refractivity contribution in [1.29, 1.82) is 0 Å². The largest absolute Gasteiger partial charge is 2.00 e. The van der Waals surface area contributed by atoms with Gasteiger partial charge < -0.3 is 14.6 Å². The molecule has 0 spiro atoms. The second kappa shape index (κ2) is 6.63. The normalized spacial score (nSPS) is 9.14. The SMILES string of the molecule is Cc1cc(C)c([S-](=O)=O)c(C)c1.N.[U+2]. The van der Waals surface area contributed by atoms with E-state index in [2.05, 4.69) is 0 Å². The Labute approximate surface area is 110 Å². The first-order valence-corrected chi connectivity index (χ1v) is 4.77. The van der Waals surface area contributed by atoms with Gasteiger partial charge in [0.2, 0.25) is 0 Å². The van der Waals surface area contributed by atoms with E-state index in [0.717, 1.165) is 16.7 Å². The second-order valence-corrected chi connectivity index (χ2v) is 3.84. The van der Waals surface area contributed by atoms with Gasteiger partial charge in [0.15, 0.2) is 0 Å². The van der Waals surface area contributed by atoms with E-state index in [-0.39, 0.29) is 37.3 Å². The summed E-state index contributed by atoms with van der Waals surface area (Å²) in [7, 11) is -2.11. The van der Waals surface area contributed by atoms with Crippen LogP contribution < -0.4 is 6.15 Å². The monoisotopic (exact) mass is 438 g/mol. The molecule has 0 amide bonds. The standard InChI is InChI=1S/C9H11O2S.H3N.U/c1-6-4-7(2)9(12(10)11)8(3)5-6;;/h4-5H,1-3H3;1H3;/q-1;;+2. The summed E-state index contributed by atoms with van der Waals surface area (Å²) in [5, 5.41) is 0. The Bertz CT molecular complexity index is 357. The van der Waals surface area contributed by atoms with Crippen molar-refractivity contribution in [3.05, 3.63) is 28.8 Å². The first-order valence-electron chi connectivity index (χ1n) is 3.69. The summed E-state index contributed by atoms with van der Waals surface area (Å²) in [5.74, 6) is 0. The average Bonchev–Trinajstić information content (AvgIpc) is 1.82. The van der Waals surface area contributed by atoms with E-state index in [0.29, 0.717) is 4.90 Å².